The summed E-state index contributed by atoms with van der Waals surface area (Å²) in [5.41, 5.74) is 0. The third-order valence-electron chi connectivity index (χ3n) is 10.1. The average Bonchev–Trinajstić information content (AvgIpc) is 3.24. The highest BCUT2D eigenvalue weighted by Crippen LogP contribution is 2.13. The van der Waals surface area contributed by atoms with Crippen LogP contribution in [0.25, 0.3) is 0 Å². The van der Waals surface area contributed by atoms with Gasteiger partial charge in [-0.25, -0.2) is 0 Å². The van der Waals surface area contributed by atoms with E-state index in [1.807, 2.05) is 0 Å². The molecule has 0 bridgehead atoms. The van der Waals surface area contributed by atoms with Crippen LogP contribution in [0.3, 0.4) is 0 Å². The Morgan fingerprint density at radius 1 is 0.350 bits per heavy atom. The molecule has 0 aromatic rings. The van der Waals surface area contributed by atoms with Crippen LogP contribution in [0.15, 0.2) is 85.1 Å². The molecule has 60 heavy (non-hydrogen) atoms. The molecule has 0 aliphatic heterocycles. The molecule has 6 heteroatoms. The Morgan fingerprint density at radius 3 is 1.07 bits per heavy atom. The summed E-state index contributed by atoms with van der Waals surface area (Å²) in [5.74, 6) is -0.946. The lowest BCUT2D eigenvalue weighted by atomic mass is 10.1. The van der Waals surface area contributed by atoms with Crippen molar-refractivity contribution in [3.63, 3.8) is 0 Å². The van der Waals surface area contributed by atoms with E-state index in [2.05, 4.69) is 106 Å². The van der Waals surface area contributed by atoms with Gasteiger partial charge in [-0.3, -0.25) is 14.4 Å². The van der Waals surface area contributed by atoms with E-state index in [1.165, 1.54) is 70.6 Å². The fourth-order valence-electron chi connectivity index (χ4n) is 6.44. The summed E-state index contributed by atoms with van der Waals surface area (Å²) in [4.78, 5) is 37.7. The van der Waals surface area contributed by atoms with Gasteiger partial charge in [-0.2, -0.15) is 0 Å². The second kappa shape index (κ2) is 48.3. The Bertz CT molecular complexity index is 1190. The van der Waals surface area contributed by atoms with Gasteiger partial charge in [-0.05, 0) is 96.3 Å². The first-order valence-electron chi connectivity index (χ1n) is 24.6. The second-order valence-corrected chi connectivity index (χ2v) is 16.0. The Morgan fingerprint density at radius 2 is 0.650 bits per heavy atom. The predicted octanol–water partition coefficient (Wildman–Crippen LogP) is 16.0. The molecule has 6 nitrogen and oxygen atoms in total. The molecule has 0 N–H and O–H groups in total. The highest BCUT2D eigenvalue weighted by atomic mass is 16.6. The van der Waals surface area contributed by atoms with Crippen molar-refractivity contribution in [1.29, 1.82) is 0 Å². The molecule has 0 rings (SSSR count). The highest BCUT2D eigenvalue weighted by molar-refractivity contribution is 5.71. The molecule has 0 saturated heterocycles. The molecule has 0 aromatic heterocycles. The van der Waals surface area contributed by atoms with Gasteiger partial charge in [0.1, 0.15) is 13.2 Å². The summed E-state index contributed by atoms with van der Waals surface area (Å²) in [6.45, 7) is 6.39. The molecule has 1 unspecified atom stereocenters. The fourth-order valence-corrected chi connectivity index (χ4v) is 6.44. The maximum Gasteiger partial charge on any atom is 0.306 e. The van der Waals surface area contributed by atoms with Crippen LogP contribution in [-0.4, -0.2) is 37.2 Å². The van der Waals surface area contributed by atoms with Gasteiger partial charge in [-0.1, -0.05) is 189 Å². The van der Waals surface area contributed by atoms with Gasteiger partial charge in [0.25, 0.3) is 0 Å². The van der Waals surface area contributed by atoms with Crippen molar-refractivity contribution in [3.8, 4) is 0 Å². The van der Waals surface area contributed by atoms with Crippen molar-refractivity contribution in [2.45, 2.75) is 226 Å². The minimum Gasteiger partial charge on any atom is -0.462 e. The molecule has 342 valence electrons. The molecular weight excluding hydrogens is 745 g/mol. The zero-order valence-electron chi connectivity index (χ0n) is 38.9. The molecule has 1 atom stereocenters. The Balaban J connectivity index is 4.33. The van der Waals surface area contributed by atoms with Crippen molar-refractivity contribution in [3.05, 3.63) is 85.1 Å². The summed E-state index contributed by atoms with van der Waals surface area (Å²) in [7, 11) is 0. The largest absolute Gasteiger partial charge is 0.462 e. The number of carbonyl (C=O) groups excluding carboxylic acids is 3. The van der Waals surface area contributed by atoms with Gasteiger partial charge in [-0.15, -0.1) is 0 Å². The monoisotopic (exact) mass is 835 g/mol. The van der Waals surface area contributed by atoms with Crippen molar-refractivity contribution in [2.75, 3.05) is 13.2 Å². The van der Waals surface area contributed by atoms with Crippen LogP contribution >= 0.6 is 0 Å². The average molecular weight is 835 g/mol. The van der Waals surface area contributed by atoms with Crippen LogP contribution in [0.4, 0.5) is 0 Å². The zero-order chi connectivity index (χ0) is 43.7. The van der Waals surface area contributed by atoms with Crippen LogP contribution in [0.1, 0.15) is 220 Å². The van der Waals surface area contributed by atoms with E-state index >= 15 is 0 Å². The van der Waals surface area contributed by atoms with Crippen molar-refractivity contribution in [1.82, 2.24) is 0 Å². The van der Waals surface area contributed by atoms with Crippen LogP contribution in [0, 0.1) is 0 Å². The van der Waals surface area contributed by atoms with E-state index < -0.39 is 6.10 Å². The molecule has 0 radical (unpaired) electrons. The quantitative estimate of drug-likeness (QED) is 0.0263. The number of rotatable bonds is 43. The molecule has 0 saturated carbocycles. The lowest BCUT2D eigenvalue weighted by Crippen LogP contribution is -2.30. The standard InChI is InChI=1S/C54H90O6/c1-4-7-10-13-16-18-20-22-24-26-27-29-30-32-34-36-38-41-44-47-53(56)59-50-51(49-58-52(55)46-43-40-15-12-9-6-3)60-54(57)48-45-42-39-37-35-33-31-28-25-23-21-19-17-14-11-8-5-2/h7,10,16-19,22-25,27,29,32,34,51H,4-6,8-9,11-15,20-21,26,28,30-31,33,35-50H2,1-3H3/b10-7-,18-16-,19-17-,24-22-,25-23-,29-27-,34-32-. The number of unbranched alkanes of at least 4 members (excludes halogenated alkanes) is 18. The van der Waals surface area contributed by atoms with E-state index in [4.69, 9.17) is 14.2 Å². The number of ether oxygens (including phenoxy) is 3. The first kappa shape index (κ1) is 56.6. The number of hydrogen-bond donors (Lipinski definition) is 0. The lowest BCUT2D eigenvalue weighted by molar-refractivity contribution is -0.167. The summed E-state index contributed by atoms with van der Waals surface area (Å²) in [5, 5.41) is 0. The van der Waals surface area contributed by atoms with E-state index in [1.54, 1.807) is 0 Å². The fraction of sp³-hybridized carbons (Fsp3) is 0.685. The predicted molar refractivity (Wildman–Crippen MR) is 256 cm³/mol. The molecule has 0 aliphatic rings. The van der Waals surface area contributed by atoms with Gasteiger partial charge in [0.2, 0.25) is 0 Å². The maximum atomic E-state index is 12.7. The smallest absolute Gasteiger partial charge is 0.306 e. The Hall–Kier alpha value is -3.41. The van der Waals surface area contributed by atoms with E-state index in [0.717, 1.165) is 109 Å². The van der Waals surface area contributed by atoms with Crippen LogP contribution in [-0.2, 0) is 28.6 Å². The van der Waals surface area contributed by atoms with Gasteiger partial charge in [0.05, 0.1) is 0 Å². The van der Waals surface area contributed by atoms with Gasteiger partial charge < -0.3 is 14.2 Å². The van der Waals surface area contributed by atoms with Crippen LogP contribution in [0.2, 0.25) is 0 Å². The van der Waals surface area contributed by atoms with Crippen LogP contribution in [0.5, 0.6) is 0 Å². The highest BCUT2D eigenvalue weighted by Gasteiger charge is 2.19. The molecule has 0 fully saturated rings. The number of carbonyl (C=O) groups is 3. The molecule has 0 aromatic carbocycles. The number of allylic oxidation sites excluding steroid dienone is 14. The molecule has 0 heterocycles. The Kier molecular flexibility index (Phi) is 45.5. The number of esters is 3. The zero-order valence-corrected chi connectivity index (χ0v) is 38.9. The topological polar surface area (TPSA) is 78.9 Å². The first-order valence-corrected chi connectivity index (χ1v) is 24.6. The van der Waals surface area contributed by atoms with Crippen molar-refractivity contribution < 1.29 is 28.6 Å². The molecule has 0 spiro atoms. The third-order valence-corrected chi connectivity index (χ3v) is 10.1. The van der Waals surface area contributed by atoms with E-state index in [-0.39, 0.29) is 31.1 Å². The maximum absolute atomic E-state index is 12.7. The van der Waals surface area contributed by atoms with E-state index in [9.17, 15) is 14.4 Å². The normalized spacial score (nSPS) is 12.8. The third kappa shape index (κ3) is 45.7. The van der Waals surface area contributed by atoms with E-state index in [0.29, 0.717) is 19.3 Å². The van der Waals surface area contributed by atoms with Crippen LogP contribution < -0.4 is 0 Å². The summed E-state index contributed by atoms with van der Waals surface area (Å²) >= 11 is 0. The number of hydrogen-bond acceptors (Lipinski definition) is 6. The summed E-state index contributed by atoms with van der Waals surface area (Å²) < 4.78 is 16.6. The minimum absolute atomic E-state index is 0.0914. The van der Waals surface area contributed by atoms with Gasteiger partial charge in [0, 0.05) is 19.3 Å². The van der Waals surface area contributed by atoms with Crippen molar-refractivity contribution in [2.24, 2.45) is 0 Å². The Labute approximate surface area is 369 Å². The second-order valence-electron chi connectivity index (χ2n) is 16.0. The van der Waals surface area contributed by atoms with Gasteiger partial charge in [0.15, 0.2) is 6.10 Å². The summed E-state index contributed by atoms with van der Waals surface area (Å²) in [6, 6.07) is 0. The first-order chi connectivity index (χ1) is 29.5. The minimum atomic E-state index is -0.791. The van der Waals surface area contributed by atoms with Gasteiger partial charge >= 0.3 is 17.9 Å². The molecule has 0 aliphatic carbocycles. The lowest BCUT2D eigenvalue weighted by Gasteiger charge is -2.18. The van der Waals surface area contributed by atoms with Crippen molar-refractivity contribution >= 4 is 17.9 Å². The molecule has 0 amide bonds. The molecular formula is C54H90O6. The summed E-state index contributed by atoms with van der Waals surface area (Å²) in [6.07, 6.45) is 61.6. The SMILES string of the molecule is CC/C=C\C/C=C\C/C=C\C/C=C\C/C=C\CCCCCC(=O)OCC(COC(=O)CCCCCCCC)OC(=O)CCCCCCCCC/C=C\C/C=C\CCCCC.